The summed E-state index contributed by atoms with van der Waals surface area (Å²) >= 11 is 0. The quantitative estimate of drug-likeness (QED) is 0.766. The lowest BCUT2D eigenvalue weighted by atomic mass is 10.1. The molecule has 1 unspecified atom stereocenters. The minimum Gasteiger partial charge on any atom is -0.207 e. The highest BCUT2D eigenvalue weighted by atomic mass is 32.2. The van der Waals surface area contributed by atoms with Crippen molar-refractivity contribution in [1.82, 2.24) is 4.31 Å². The second kappa shape index (κ2) is 4.37. The molecule has 0 spiro atoms. The Morgan fingerprint density at radius 1 is 0.944 bits per heavy atom. The fraction of sp³-hybridized carbons (Fsp3) is 0.286. The molecule has 4 heteroatoms. The molecule has 3 rings (SSSR count). The molecule has 3 atom stereocenters. The van der Waals surface area contributed by atoms with Gasteiger partial charge in [-0.05, 0) is 25.0 Å². The maximum atomic E-state index is 12.5. The van der Waals surface area contributed by atoms with E-state index in [0.717, 1.165) is 12.8 Å². The number of allylic oxidation sites excluding steroid dienone is 2. The minimum absolute atomic E-state index is 0.136. The zero-order chi connectivity index (χ0) is 12.6. The van der Waals surface area contributed by atoms with Crippen LogP contribution in [0.4, 0.5) is 0 Å². The van der Waals surface area contributed by atoms with Crippen molar-refractivity contribution in [3.8, 4) is 0 Å². The van der Waals surface area contributed by atoms with Crippen molar-refractivity contribution in [1.29, 1.82) is 0 Å². The van der Waals surface area contributed by atoms with Crippen LogP contribution in [0.3, 0.4) is 0 Å². The summed E-state index contributed by atoms with van der Waals surface area (Å²) < 4.78 is 26.6. The van der Waals surface area contributed by atoms with Crippen LogP contribution in [-0.4, -0.2) is 24.8 Å². The molecule has 0 N–H and O–H groups in total. The Kier molecular flexibility index (Phi) is 2.84. The van der Waals surface area contributed by atoms with Gasteiger partial charge in [-0.25, -0.2) is 8.42 Å². The molecule has 1 aliphatic carbocycles. The topological polar surface area (TPSA) is 37.1 Å². The van der Waals surface area contributed by atoms with Gasteiger partial charge in [0.1, 0.15) is 0 Å². The van der Waals surface area contributed by atoms with E-state index in [1.807, 2.05) is 30.4 Å². The first kappa shape index (κ1) is 11.7. The highest BCUT2D eigenvalue weighted by Crippen LogP contribution is 2.40. The van der Waals surface area contributed by atoms with Crippen LogP contribution in [0.15, 0.2) is 59.5 Å². The summed E-state index contributed by atoms with van der Waals surface area (Å²) in [4.78, 5) is 0.393. The highest BCUT2D eigenvalue weighted by Gasteiger charge is 2.53. The standard InChI is InChI=1S/C14H15NO2S/c16-18(17,12-8-4-3-5-9-12)15-13-10-6-1-2-7-11-14(13)15/h1-9,13-14H,10-11H2/b6-1-,7-2-/t13-,14+,15?. The predicted molar refractivity (Wildman–Crippen MR) is 70.6 cm³/mol. The molecule has 0 amide bonds. The van der Waals surface area contributed by atoms with Crippen molar-refractivity contribution in [3.63, 3.8) is 0 Å². The molecule has 1 fully saturated rings. The van der Waals surface area contributed by atoms with Gasteiger partial charge in [0.2, 0.25) is 10.0 Å². The third kappa shape index (κ3) is 1.91. The molecule has 94 valence electrons. The molecule has 0 aromatic heterocycles. The van der Waals surface area contributed by atoms with E-state index < -0.39 is 10.0 Å². The monoisotopic (exact) mass is 261 g/mol. The van der Waals surface area contributed by atoms with E-state index >= 15 is 0 Å². The minimum atomic E-state index is -3.32. The fourth-order valence-electron chi connectivity index (χ4n) is 2.50. The smallest absolute Gasteiger partial charge is 0.207 e. The molecule has 0 bridgehead atoms. The van der Waals surface area contributed by atoms with Gasteiger partial charge >= 0.3 is 0 Å². The summed E-state index contributed by atoms with van der Waals surface area (Å²) in [5.74, 6) is 0. The lowest BCUT2D eigenvalue weighted by Gasteiger charge is -2.05. The molecule has 3 nitrogen and oxygen atoms in total. The first-order chi connectivity index (χ1) is 8.71. The van der Waals surface area contributed by atoms with Crippen LogP contribution in [-0.2, 0) is 10.0 Å². The molecule has 1 aromatic rings. The summed E-state index contributed by atoms with van der Waals surface area (Å²) in [6.07, 6.45) is 9.66. The summed E-state index contributed by atoms with van der Waals surface area (Å²) in [5.41, 5.74) is 0. The Balaban J connectivity index is 1.89. The highest BCUT2D eigenvalue weighted by molar-refractivity contribution is 7.89. The van der Waals surface area contributed by atoms with Gasteiger partial charge in [0.25, 0.3) is 0 Å². The SMILES string of the molecule is O=S(=O)(c1ccccc1)N1[C@@H]2C/C=C\C=C/C[C@@H]21. The Bertz CT molecular complexity index is 569. The van der Waals surface area contributed by atoms with Crippen LogP contribution in [0.25, 0.3) is 0 Å². The molecule has 2 aliphatic rings. The third-order valence-electron chi connectivity index (χ3n) is 3.47. The van der Waals surface area contributed by atoms with Crippen LogP contribution >= 0.6 is 0 Å². The summed E-state index contributed by atoms with van der Waals surface area (Å²) in [5, 5.41) is 0. The molecule has 1 heterocycles. The van der Waals surface area contributed by atoms with Crippen molar-refractivity contribution in [2.75, 3.05) is 0 Å². The third-order valence-corrected chi connectivity index (χ3v) is 5.43. The van der Waals surface area contributed by atoms with E-state index in [9.17, 15) is 8.42 Å². The molecular formula is C14H15NO2S. The number of nitrogens with zero attached hydrogens (tertiary/aromatic N) is 1. The number of sulfonamides is 1. The summed E-state index contributed by atoms with van der Waals surface area (Å²) in [6.45, 7) is 0. The van der Waals surface area contributed by atoms with Crippen molar-refractivity contribution >= 4 is 10.0 Å². The van der Waals surface area contributed by atoms with Gasteiger partial charge in [-0.3, -0.25) is 0 Å². The molecule has 1 aliphatic heterocycles. The van der Waals surface area contributed by atoms with Crippen molar-refractivity contribution in [2.45, 2.75) is 29.8 Å². The van der Waals surface area contributed by atoms with Gasteiger partial charge in [0, 0.05) is 12.1 Å². The second-order valence-corrected chi connectivity index (χ2v) is 6.45. The lowest BCUT2D eigenvalue weighted by Crippen LogP contribution is -2.15. The average molecular weight is 261 g/mol. The summed E-state index contributed by atoms with van der Waals surface area (Å²) in [6, 6.07) is 8.94. The Morgan fingerprint density at radius 2 is 1.50 bits per heavy atom. The first-order valence-corrected chi connectivity index (χ1v) is 7.55. The van der Waals surface area contributed by atoms with Gasteiger partial charge in [-0.2, -0.15) is 4.31 Å². The zero-order valence-corrected chi connectivity index (χ0v) is 10.8. The maximum Gasteiger partial charge on any atom is 0.243 e. The Morgan fingerprint density at radius 3 is 2.06 bits per heavy atom. The molecule has 0 radical (unpaired) electrons. The zero-order valence-electron chi connectivity index (χ0n) is 9.94. The van der Waals surface area contributed by atoms with Gasteiger partial charge < -0.3 is 0 Å². The van der Waals surface area contributed by atoms with Crippen LogP contribution in [0.5, 0.6) is 0 Å². The van der Waals surface area contributed by atoms with Crippen LogP contribution in [0.2, 0.25) is 0 Å². The average Bonchev–Trinajstić information content (AvgIpc) is 3.03. The number of rotatable bonds is 2. The van der Waals surface area contributed by atoms with E-state index in [-0.39, 0.29) is 12.1 Å². The van der Waals surface area contributed by atoms with E-state index in [0.29, 0.717) is 4.90 Å². The molecule has 1 aromatic carbocycles. The first-order valence-electron chi connectivity index (χ1n) is 6.11. The van der Waals surface area contributed by atoms with E-state index in [1.165, 1.54) is 0 Å². The van der Waals surface area contributed by atoms with Crippen molar-refractivity contribution in [2.24, 2.45) is 0 Å². The Hall–Kier alpha value is -1.39. The van der Waals surface area contributed by atoms with E-state index in [4.69, 9.17) is 0 Å². The summed E-state index contributed by atoms with van der Waals surface area (Å²) in [7, 11) is -3.32. The van der Waals surface area contributed by atoms with E-state index in [2.05, 4.69) is 0 Å². The van der Waals surface area contributed by atoms with Crippen molar-refractivity contribution in [3.05, 3.63) is 54.6 Å². The van der Waals surface area contributed by atoms with E-state index in [1.54, 1.807) is 28.6 Å². The maximum absolute atomic E-state index is 12.5. The fourth-order valence-corrected chi connectivity index (χ4v) is 4.35. The predicted octanol–water partition coefficient (Wildman–Crippen LogP) is 2.33. The molecule has 1 saturated heterocycles. The molecule has 0 saturated carbocycles. The second-order valence-electron chi connectivity index (χ2n) is 4.61. The molecular weight excluding hydrogens is 246 g/mol. The lowest BCUT2D eigenvalue weighted by molar-refractivity contribution is 0.544. The number of benzene rings is 1. The van der Waals surface area contributed by atoms with Crippen LogP contribution in [0.1, 0.15) is 12.8 Å². The van der Waals surface area contributed by atoms with Crippen LogP contribution in [0, 0.1) is 0 Å². The molecule has 18 heavy (non-hydrogen) atoms. The Labute approximate surface area is 107 Å². The van der Waals surface area contributed by atoms with Crippen molar-refractivity contribution < 1.29 is 8.42 Å². The van der Waals surface area contributed by atoms with Gasteiger partial charge in [0.15, 0.2) is 0 Å². The normalized spacial score (nSPS) is 33.9. The van der Waals surface area contributed by atoms with Gasteiger partial charge in [0.05, 0.1) is 4.90 Å². The van der Waals surface area contributed by atoms with Gasteiger partial charge in [-0.1, -0.05) is 42.5 Å². The number of hydrogen-bond donors (Lipinski definition) is 0. The van der Waals surface area contributed by atoms with Crippen LogP contribution < -0.4 is 0 Å². The number of fused-ring (bicyclic) bond motifs is 1. The largest absolute Gasteiger partial charge is 0.243 e. The number of hydrogen-bond acceptors (Lipinski definition) is 2. The van der Waals surface area contributed by atoms with Gasteiger partial charge in [-0.15, -0.1) is 0 Å².